The number of benzene rings is 7. The molecule has 0 aliphatic carbocycles. The lowest BCUT2D eigenvalue weighted by atomic mass is 9.90. The summed E-state index contributed by atoms with van der Waals surface area (Å²) >= 11 is 0. The molecule has 7 aromatic carbocycles. The fourth-order valence-corrected chi connectivity index (χ4v) is 5.78. The summed E-state index contributed by atoms with van der Waals surface area (Å²) < 4.78 is 6.44. The molecule has 0 saturated carbocycles. The molecule has 8 rings (SSSR count). The van der Waals surface area contributed by atoms with E-state index in [4.69, 9.17) is 4.74 Å². The normalized spacial score (nSPS) is 12.2. The minimum Gasteiger partial charge on any atom is -0.456 e. The van der Waals surface area contributed by atoms with E-state index in [9.17, 15) is 0 Å². The predicted octanol–water partition coefficient (Wildman–Crippen LogP) is 9.74. The molecule has 0 unspecified atom stereocenters. The van der Waals surface area contributed by atoms with Gasteiger partial charge < -0.3 is 4.74 Å². The lowest BCUT2D eigenvalue weighted by Gasteiger charge is -2.22. The Morgan fingerprint density at radius 3 is 2.03 bits per heavy atom. The van der Waals surface area contributed by atoms with Crippen molar-refractivity contribution in [2.24, 2.45) is 0 Å². The molecule has 1 aliphatic heterocycles. The maximum absolute atomic E-state index is 6.44. The Balaban J connectivity index is 1.40. The van der Waals surface area contributed by atoms with E-state index in [-0.39, 0.29) is 0 Å². The first-order valence-electron chi connectivity index (χ1n) is 12.0. The van der Waals surface area contributed by atoms with E-state index >= 15 is 0 Å². The Kier molecular flexibility index (Phi) is 3.72. The first-order chi connectivity index (χ1) is 17.3. The maximum atomic E-state index is 6.44. The average molecular weight is 445 g/mol. The van der Waals surface area contributed by atoms with Gasteiger partial charge in [-0.15, -0.1) is 0 Å². The van der Waals surface area contributed by atoms with Crippen molar-refractivity contribution >= 4 is 43.1 Å². The monoisotopic (exact) mass is 444 g/mol. The molecule has 0 spiro atoms. The van der Waals surface area contributed by atoms with Gasteiger partial charge in [-0.25, -0.2) is 0 Å². The molecule has 162 valence electrons. The lowest BCUT2D eigenvalue weighted by Crippen LogP contribution is -1.97. The topological polar surface area (TPSA) is 9.23 Å². The Bertz CT molecular complexity index is 1980. The van der Waals surface area contributed by atoms with Gasteiger partial charge in [0.1, 0.15) is 11.5 Å². The second-order valence-electron chi connectivity index (χ2n) is 9.36. The smallest absolute Gasteiger partial charge is 0.136 e. The lowest BCUT2D eigenvalue weighted by molar-refractivity contribution is 0.487. The molecule has 1 aliphatic rings. The zero-order valence-electron chi connectivity index (χ0n) is 19.0. The van der Waals surface area contributed by atoms with Crippen molar-refractivity contribution in [3.05, 3.63) is 121 Å². The third kappa shape index (κ3) is 2.70. The average Bonchev–Trinajstić information content (AvgIpc) is 2.91. The van der Waals surface area contributed by atoms with Crippen LogP contribution in [0.1, 0.15) is 0 Å². The van der Waals surface area contributed by atoms with E-state index in [1.54, 1.807) is 0 Å². The van der Waals surface area contributed by atoms with Gasteiger partial charge in [-0.05, 0) is 84.7 Å². The Morgan fingerprint density at radius 1 is 0.371 bits per heavy atom. The van der Waals surface area contributed by atoms with Gasteiger partial charge in [0.15, 0.2) is 0 Å². The Labute approximate surface area is 202 Å². The Hall–Kier alpha value is -4.62. The van der Waals surface area contributed by atoms with Crippen LogP contribution in [-0.4, -0.2) is 0 Å². The Morgan fingerprint density at radius 2 is 1.06 bits per heavy atom. The van der Waals surface area contributed by atoms with Crippen LogP contribution in [0.5, 0.6) is 11.5 Å². The van der Waals surface area contributed by atoms with Gasteiger partial charge in [0.25, 0.3) is 0 Å². The standard InChI is InChI=1S/C34H20O/c1-2-10-26-21(7-1)15-16-23-19-30-22(18-31(23)26)8-5-12-27(30)25-17-24-9-6-13-29-28-11-3-4-14-32(28)35-33(20-25)34(24)29/h1-20H. The summed E-state index contributed by atoms with van der Waals surface area (Å²) in [5.41, 5.74) is 4.79. The van der Waals surface area contributed by atoms with Crippen LogP contribution < -0.4 is 4.74 Å². The van der Waals surface area contributed by atoms with Crippen molar-refractivity contribution in [1.29, 1.82) is 0 Å². The summed E-state index contributed by atoms with van der Waals surface area (Å²) in [5, 5.41) is 10.0. The molecule has 1 nitrogen and oxygen atoms in total. The highest BCUT2D eigenvalue weighted by Gasteiger charge is 2.21. The van der Waals surface area contributed by atoms with Crippen molar-refractivity contribution in [2.45, 2.75) is 0 Å². The highest BCUT2D eigenvalue weighted by molar-refractivity contribution is 6.15. The van der Waals surface area contributed by atoms with Gasteiger partial charge in [0, 0.05) is 10.9 Å². The van der Waals surface area contributed by atoms with Gasteiger partial charge in [-0.1, -0.05) is 91.0 Å². The summed E-state index contributed by atoms with van der Waals surface area (Å²) in [5.74, 6) is 1.84. The number of hydrogen-bond donors (Lipinski definition) is 0. The molecule has 0 radical (unpaired) electrons. The molecule has 0 fully saturated rings. The number of ether oxygens (including phenoxy) is 1. The first kappa shape index (κ1) is 18.8. The fraction of sp³-hybridized carbons (Fsp3) is 0. The van der Waals surface area contributed by atoms with Crippen LogP contribution in [0.2, 0.25) is 0 Å². The van der Waals surface area contributed by atoms with Crippen LogP contribution in [0.4, 0.5) is 0 Å². The predicted molar refractivity (Wildman–Crippen MR) is 147 cm³/mol. The highest BCUT2D eigenvalue weighted by Crippen LogP contribution is 2.48. The summed E-state index contributed by atoms with van der Waals surface area (Å²) in [4.78, 5) is 0. The molecule has 0 aromatic heterocycles. The molecule has 0 N–H and O–H groups in total. The van der Waals surface area contributed by atoms with Gasteiger partial charge >= 0.3 is 0 Å². The molecule has 0 bridgehead atoms. The molecular formula is C34H20O. The largest absolute Gasteiger partial charge is 0.456 e. The van der Waals surface area contributed by atoms with Crippen molar-refractivity contribution in [2.75, 3.05) is 0 Å². The van der Waals surface area contributed by atoms with Gasteiger partial charge in [0.2, 0.25) is 0 Å². The molecule has 0 amide bonds. The summed E-state index contributed by atoms with van der Waals surface area (Å²) in [6.45, 7) is 0. The van der Waals surface area contributed by atoms with E-state index in [0.29, 0.717) is 0 Å². The van der Waals surface area contributed by atoms with Gasteiger partial charge in [-0.2, -0.15) is 0 Å². The number of para-hydroxylation sites is 1. The quantitative estimate of drug-likeness (QED) is 0.181. The van der Waals surface area contributed by atoms with E-state index in [1.165, 1.54) is 59.8 Å². The number of hydrogen-bond acceptors (Lipinski definition) is 1. The van der Waals surface area contributed by atoms with Crippen LogP contribution in [0, 0.1) is 0 Å². The van der Waals surface area contributed by atoms with Crippen LogP contribution in [0.3, 0.4) is 0 Å². The van der Waals surface area contributed by atoms with Crippen molar-refractivity contribution in [3.8, 4) is 33.8 Å². The molecule has 1 heteroatoms. The third-order valence-corrected chi connectivity index (χ3v) is 7.39. The molecule has 0 atom stereocenters. The molecule has 7 aromatic rings. The van der Waals surface area contributed by atoms with E-state index in [1.807, 2.05) is 6.07 Å². The van der Waals surface area contributed by atoms with Crippen molar-refractivity contribution in [1.82, 2.24) is 0 Å². The summed E-state index contributed by atoms with van der Waals surface area (Å²) in [6.07, 6.45) is 0. The van der Waals surface area contributed by atoms with Crippen LogP contribution in [0.15, 0.2) is 121 Å². The maximum Gasteiger partial charge on any atom is 0.136 e. The zero-order valence-corrected chi connectivity index (χ0v) is 19.0. The molecule has 1 heterocycles. The SMILES string of the molecule is c1ccc2c(c1)Oc1cc(-c3cccc4cc5c(ccc6ccccc65)cc34)cc3cccc-2c13. The minimum absolute atomic E-state index is 0.917. The van der Waals surface area contributed by atoms with E-state index < -0.39 is 0 Å². The third-order valence-electron chi connectivity index (χ3n) is 7.39. The van der Waals surface area contributed by atoms with E-state index in [0.717, 1.165) is 17.1 Å². The van der Waals surface area contributed by atoms with Crippen LogP contribution in [0.25, 0.3) is 65.3 Å². The van der Waals surface area contributed by atoms with Crippen LogP contribution >= 0.6 is 0 Å². The fourth-order valence-electron chi connectivity index (χ4n) is 5.78. The second kappa shape index (κ2) is 6.94. The number of rotatable bonds is 1. The summed E-state index contributed by atoms with van der Waals surface area (Å²) in [7, 11) is 0. The second-order valence-corrected chi connectivity index (χ2v) is 9.36. The number of fused-ring (bicyclic) bond motifs is 6. The zero-order chi connectivity index (χ0) is 22.9. The molecular weight excluding hydrogens is 424 g/mol. The molecule has 35 heavy (non-hydrogen) atoms. The van der Waals surface area contributed by atoms with Gasteiger partial charge in [-0.3, -0.25) is 0 Å². The van der Waals surface area contributed by atoms with E-state index in [2.05, 4.69) is 115 Å². The van der Waals surface area contributed by atoms with Crippen LogP contribution in [-0.2, 0) is 0 Å². The van der Waals surface area contributed by atoms with Crippen molar-refractivity contribution in [3.63, 3.8) is 0 Å². The highest BCUT2D eigenvalue weighted by atomic mass is 16.5. The van der Waals surface area contributed by atoms with Gasteiger partial charge in [0.05, 0.1) is 0 Å². The van der Waals surface area contributed by atoms with Crippen molar-refractivity contribution < 1.29 is 4.74 Å². The first-order valence-corrected chi connectivity index (χ1v) is 12.0. The molecule has 0 saturated heterocycles. The summed E-state index contributed by atoms with van der Waals surface area (Å²) in [6, 6.07) is 43.7. The minimum atomic E-state index is 0.917.